The minimum absolute atomic E-state index is 0.0382. The highest BCUT2D eigenvalue weighted by atomic mass is 31.2. The van der Waals surface area contributed by atoms with E-state index >= 15 is 0 Å². The lowest BCUT2D eigenvalue weighted by Gasteiger charge is -2.15. The van der Waals surface area contributed by atoms with Gasteiger partial charge in [0.15, 0.2) is 0 Å². The third kappa shape index (κ3) is 8.01. The Bertz CT molecular complexity index is 145. The Kier molecular flexibility index (Phi) is 4.93. The fourth-order valence-corrected chi connectivity index (χ4v) is 1.40. The fraction of sp³-hybridized carbons (Fsp3) is 1.00. The van der Waals surface area contributed by atoms with Gasteiger partial charge in [0.1, 0.15) is 0 Å². The van der Waals surface area contributed by atoms with E-state index in [1.54, 1.807) is 0 Å². The quantitative estimate of drug-likeness (QED) is 0.606. The lowest BCUT2D eigenvalue weighted by molar-refractivity contribution is 0.328. The highest BCUT2D eigenvalue weighted by Crippen LogP contribution is 2.33. The third-order valence-electron chi connectivity index (χ3n) is 1.38. The average molecular weight is 181 g/mol. The third-order valence-corrected chi connectivity index (χ3v) is 2.16. The molecule has 5 heteroatoms. The second-order valence-corrected chi connectivity index (χ2v) is 4.47. The number of nitrogens with zero attached hydrogens (tertiary/aromatic N) is 1. The maximum Gasteiger partial charge on any atom is 0.326 e. The molecule has 0 aliphatic carbocycles. The molecule has 0 aromatic rings. The Balaban J connectivity index is 3.46. The van der Waals surface area contributed by atoms with Crippen molar-refractivity contribution in [2.75, 3.05) is 26.3 Å². The van der Waals surface area contributed by atoms with Gasteiger partial charge in [0.05, 0.1) is 6.16 Å². The van der Waals surface area contributed by atoms with Crippen LogP contribution in [0.2, 0.25) is 0 Å². The minimum Gasteiger partial charge on any atom is -0.324 e. The van der Waals surface area contributed by atoms with Gasteiger partial charge in [-0.2, -0.15) is 0 Å². The van der Waals surface area contributed by atoms with Crippen molar-refractivity contribution in [3.05, 3.63) is 0 Å². The Labute approximate surface area is 67.4 Å². The molecule has 0 spiro atoms. The smallest absolute Gasteiger partial charge is 0.324 e. The van der Waals surface area contributed by atoms with Gasteiger partial charge in [-0.3, -0.25) is 4.57 Å². The van der Waals surface area contributed by atoms with Crippen molar-refractivity contribution in [2.24, 2.45) is 0 Å². The van der Waals surface area contributed by atoms with E-state index in [0.29, 0.717) is 6.54 Å². The molecule has 2 N–H and O–H groups in total. The maximum atomic E-state index is 10.4. The molecule has 0 atom stereocenters. The molecule has 0 saturated heterocycles. The van der Waals surface area contributed by atoms with Crippen molar-refractivity contribution in [2.45, 2.75) is 13.3 Å². The first-order valence-electron chi connectivity index (χ1n) is 3.69. The summed E-state index contributed by atoms with van der Waals surface area (Å²) >= 11 is 0. The van der Waals surface area contributed by atoms with Crippen LogP contribution in [0.5, 0.6) is 0 Å². The van der Waals surface area contributed by atoms with Gasteiger partial charge in [0.25, 0.3) is 0 Å². The van der Waals surface area contributed by atoms with E-state index in [4.69, 9.17) is 9.79 Å². The molecule has 0 bridgehead atoms. The first-order valence-corrected chi connectivity index (χ1v) is 5.48. The van der Waals surface area contributed by atoms with E-state index in [1.165, 1.54) is 0 Å². The molecule has 0 heterocycles. The van der Waals surface area contributed by atoms with Crippen LogP contribution in [-0.4, -0.2) is 41.0 Å². The predicted molar refractivity (Wildman–Crippen MR) is 44.7 cm³/mol. The zero-order chi connectivity index (χ0) is 8.91. The van der Waals surface area contributed by atoms with Crippen LogP contribution in [0.25, 0.3) is 0 Å². The van der Waals surface area contributed by atoms with Crippen molar-refractivity contribution >= 4 is 7.60 Å². The van der Waals surface area contributed by atoms with E-state index in [2.05, 4.69) is 0 Å². The summed E-state index contributed by atoms with van der Waals surface area (Å²) < 4.78 is 10.4. The lowest BCUT2D eigenvalue weighted by atomic mass is 10.4. The van der Waals surface area contributed by atoms with Crippen molar-refractivity contribution < 1.29 is 14.4 Å². The molecule has 11 heavy (non-hydrogen) atoms. The summed E-state index contributed by atoms with van der Waals surface area (Å²) in [6.45, 7) is 3.39. The normalized spacial score (nSPS) is 12.5. The zero-order valence-electron chi connectivity index (χ0n) is 7.03. The van der Waals surface area contributed by atoms with E-state index in [0.717, 1.165) is 13.0 Å². The van der Waals surface area contributed by atoms with Crippen LogP contribution in [0.1, 0.15) is 13.3 Å². The Hall–Kier alpha value is 0.110. The van der Waals surface area contributed by atoms with Gasteiger partial charge in [-0.1, -0.05) is 6.92 Å². The van der Waals surface area contributed by atoms with Crippen LogP contribution in [0.15, 0.2) is 0 Å². The van der Waals surface area contributed by atoms with Crippen molar-refractivity contribution in [1.29, 1.82) is 0 Å². The number of rotatable bonds is 5. The SMILES string of the molecule is CCCN(C)CCP(=O)(O)O. The van der Waals surface area contributed by atoms with Gasteiger partial charge < -0.3 is 14.7 Å². The summed E-state index contributed by atoms with van der Waals surface area (Å²) in [4.78, 5) is 19.0. The van der Waals surface area contributed by atoms with E-state index in [9.17, 15) is 4.57 Å². The van der Waals surface area contributed by atoms with Crippen molar-refractivity contribution in [1.82, 2.24) is 4.90 Å². The van der Waals surface area contributed by atoms with Crippen LogP contribution in [0.3, 0.4) is 0 Å². The summed E-state index contributed by atoms with van der Waals surface area (Å²) in [6.07, 6.45) is 0.973. The van der Waals surface area contributed by atoms with Gasteiger partial charge in [0, 0.05) is 6.54 Å². The van der Waals surface area contributed by atoms with E-state index < -0.39 is 7.60 Å². The van der Waals surface area contributed by atoms with Gasteiger partial charge in [0.2, 0.25) is 0 Å². The highest BCUT2D eigenvalue weighted by molar-refractivity contribution is 7.51. The summed E-state index contributed by atoms with van der Waals surface area (Å²) in [7, 11) is -1.92. The van der Waals surface area contributed by atoms with Gasteiger partial charge in [-0.05, 0) is 20.0 Å². The second-order valence-electron chi connectivity index (χ2n) is 2.69. The van der Waals surface area contributed by atoms with Crippen molar-refractivity contribution in [3.8, 4) is 0 Å². The molecule has 0 aromatic heterocycles. The van der Waals surface area contributed by atoms with Gasteiger partial charge in [-0.25, -0.2) is 0 Å². The highest BCUT2D eigenvalue weighted by Gasteiger charge is 2.12. The van der Waals surface area contributed by atoms with Crippen LogP contribution in [0.4, 0.5) is 0 Å². The summed E-state index contributed by atoms with van der Waals surface area (Å²) in [5.41, 5.74) is 0. The molecule has 0 aliphatic heterocycles. The van der Waals surface area contributed by atoms with Crippen molar-refractivity contribution in [3.63, 3.8) is 0 Å². The number of hydrogen-bond acceptors (Lipinski definition) is 2. The second kappa shape index (κ2) is 4.88. The molecule has 0 unspecified atom stereocenters. The molecular formula is C6H16NO3P. The molecule has 0 fully saturated rings. The summed E-state index contributed by atoms with van der Waals surface area (Å²) in [6, 6.07) is 0. The monoisotopic (exact) mass is 181 g/mol. The zero-order valence-corrected chi connectivity index (χ0v) is 7.92. The van der Waals surface area contributed by atoms with Crippen LogP contribution in [0, 0.1) is 0 Å². The minimum atomic E-state index is -3.78. The molecule has 0 aromatic carbocycles. The van der Waals surface area contributed by atoms with E-state index in [1.807, 2.05) is 18.9 Å². The predicted octanol–water partition coefficient (Wildman–Crippen LogP) is 0.506. The Morgan fingerprint density at radius 1 is 1.36 bits per heavy atom. The lowest BCUT2D eigenvalue weighted by Crippen LogP contribution is -2.22. The van der Waals surface area contributed by atoms with Crippen LogP contribution in [-0.2, 0) is 4.57 Å². The molecule has 0 aliphatic rings. The van der Waals surface area contributed by atoms with Gasteiger partial charge in [-0.15, -0.1) is 0 Å². The molecule has 68 valence electrons. The Morgan fingerprint density at radius 2 is 1.91 bits per heavy atom. The topological polar surface area (TPSA) is 60.8 Å². The average Bonchev–Trinajstić information content (AvgIpc) is 1.83. The largest absolute Gasteiger partial charge is 0.326 e. The molecule has 0 radical (unpaired) electrons. The van der Waals surface area contributed by atoms with Crippen LogP contribution < -0.4 is 0 Å². The first-order chi connectivity index (χ1) is 4.95. The first kappa shape index (κ1) is 11.1. The molecule has 4 nitrogen and oxygen atoms in total. The maximum absolute atomic E-state index is 10.4. The summed E-state index contributed by atoms with van der Waals surface area (Å²) in [5, 5.41) is 0. The number of hydrogen-bond donors (Lipinski definition) is 2. The molecule has 0 saturated carbocycles. The summed E-state index contributed by atoms with van der Waals surface area (Å²) in [5.74, 6) is 0. The molecule has 0 rings (SSSR count). The Morgan fingerprint density at radius 3 is 2.27 bits per heavy atom. The van der Waals surface area contributed by atoms with E-state index in [-0.39, 0.29) is 6.16 Å². The van der Waals surface area contributed by atoms with Gasteiger partial charge >= 0.3 is 7.60 Å². The molecule has 0 amide bonds. The fourth-order valence-electron chi connectivity index (χ4n) is 0.795. The standard InChI is InChI=1S/C6H16NO3P/c1-3-4-7(2)5-6-11(8,9)10/h3-6H2,1-2H3,(H2,8,9,10). The van der Waals surface area contributed by atoms with Crippen LogP contribution >= 0.6 is 7.60 Å². The molecular weight excluding hydrogens is 165 g/mol.